The number of carbonyl (C=O) groups is 1. The number of hydrogen-bond donors (Lipinski definition) is 0. The monoisotopic (exact) mass is 288 g/mol. The van der Waals surface area contributed by atoms with Gasteiger partial charge < -0.3 is 14.9 Å². The van der Waals surface area contributed by atoms with E-state index >= 15 is 0 Å². The summed E-state index contributed by atoms with van der Waals surface area (Å²) >= 11 is 0. The van der Waals surface area contributed by atoms with Crippen molar-refractivity contribution in [2.75, 3.05) is 13.1 Å². The number of aromatic nitrogens is 2. The maximum absolute atomic E-state index is 11.3. The van der Waals surface area contributed by atoms with Gasteiger partial charge in [0, 0.05) is 25.1 Å². The Labute approximate surface area is 121 Å². The summed E-state index contributed by atoms with van der Waals surface area (Å²) in [7, 11) is 0. The van der Waals surface area contributed by atoms with Crippen LogP contribution in [-0.2, 0) is 11.3 Å². The van der Waals surface area contributed by atoms with Gasteiger partial charge in [0.15, 0.2) is 5.69 Å². The molecule has 1 fully saturated rings. The molecule has 1 atom stereocenters. The SMILES string of the molecule is O=CC1CCCN(Cc2nc3ccccn3c2[N+](=O)[O-])C1. The summed E-state index contributed by atoms with van der Waals surface area (Å²) in [6.45, 7) is 1.90. The topological polar surface area (TPSA) is 80.8 Å². The van der Waals surface area contributed by atoms with Crippen molar-refractivity contribution in [2.24, 2.45) is 5.92 Å². The lowest BCUT2D eigenvalue weighted by Crippen LogP contribution is -2.35. The van der Waals surface area contributed by atoms with Crippen LogP contribution in [0, 0.1) is 16.0 Å². The Morgan fingerprint density at radius 1 is 1.48 bits per heavy atom. The van der Waals surface area contributed by atoms with Crippen molar-refractivity contribution >= 4 is 17.8 Å². The Morgan fingerprint density at radius 2 is 2.33 bits per heavy atom. The van der Waals surface area contributed by atoms with Gasteiger partial charge in [0.05, 0.1) is 6.20 Å². The largest absolute Gasteiger partial charge is 0.358 e. The highest BCUT2D eigenvalue weighted by Gasteiger charge is 2.26. The van der Waals surface area contributed by atoms with Crippen LogP contribution in [0.15, 0.2) is 24.4 Å². The highest BCUT2D eigenvalue weighted by atomic mass is 16.6. The molecule has 0 radical (unpaired) electrons. The van der Waals surface area contributed by atoms with Crippen molar-refractivity contribution in [3.8, 4) is 0 Å². The number of fused-ring (bicyclic) bond motifs is 1. The molecule has 7 heteroatoms. The summed E-state index contributed by atoms with van der Waals surface area (Å²) in [6, 6.07) is 5.30. The van der Waals surface area contributed by atoms with Crippen LogP contribution >= 0.6 is 0 Å². The first-order valence-electron chi connectivity index (χ1n) is 6.97. The van der Waals surface area contributed by atoms with E-state index < -0.39 is 4.92 Å². The number of hydrogen-bond acceptors (Lipinski definition) is 5. The van der Waals surface area contributed by atoms with E-state index in [4.69, 9.17) is 0 Å². The predicted octanol–water partition coefficient (Wildman–Crippen LogP) is 1.65. The van der Waals surface area contributed by atoms with E-state index in [1.807, 2.05) is 0 Å². The lowest BCUT2D eigenvalue weighted by molar-refractivity contribution is -0.391. The number of imidazole rings is 1. The molecule has 3 rings (SSSR count). The van der Waals surface area contributed by atoms with Gasteiger partial charge in [0.25, 0.3) is 0 Å². The van der Waals surface area contributed by atoms with Crippen LogP contribution in [0.1, 0.15) is 18.5 Å². The lowest BCUT2D eigenvalue weighted by Gasteiger charge is -2.29. The highest BCUT2D eigenvalue weighted by Crippen LogP contribution is 2.24. The lowest BCUT2D eigenvalue weighted by atomic mass is 10.00. The van der Waals surface area contributed by atoms with Crippen molar-refractivity contribution in [1.29, 1.82) is 0 Å². The molecule has 2 aromatic rings. The molecule has 1 saturated heterocycles. The minimum Gasteiger partial charge on any atom is -0.358 e. The molecule has 0 aliphatic carbocycles. The van der Waals surface area contributed by atoms with Crippen molar-refractivity contribution in [3.05, 3.63) is 40.2 Å². The number of rotatable bonds is 4. The van der Waals surface area contributed by atoms with Crippen LogP contribution in [0.4, 0.5) is 5.82 Å². The molecule has 0 saturated carbocycles. The Morgan fingerprint density at radius 3 is 3.10 bits per heavy atom. The zero-order valence-corrected chi connectivity index (χ0v) is 11.5. The molecule has 0 bridgehead atoms. The number of nitrogens with zero attached hydrogens (tertiary/aromatic N) is 4. The van der Waals surface area contributed by atoms with Crippen molar-refractivity contribution in [2.45, 2.75) is 19.4 Å². The number of aldehydes is 1. The molecule has 1 unspecified atom stereocenters. The van der Waals surface area contributed by atoms with Crippen LogP contribution < -0.4 is 0 Å². The summed E-state index contributed by atoms with van der Waals surface area (Å²) < 4.78 is 1.50. The zero-order valence-electron chi connectivity index (χ0n) is 11.5. The molecule has 0 spiro atoms. The average molecular weight is 288 g/mol. The Bertz CT molecular complexity index is 682. The van der Waals surface area contributed by atoms with E-state index in [1.54, 1.807) is 24.4 Å². The molecule has 0 aromatic carbocycles. The van der Waals surface area contributed by atoms with Crippen LogP contribution in [0.25, 0.3) is 5.65 Å². The van der Waals surface area contributed by atoms with Gasteiger partial charge in [-0.15, -0.1) is 0 Å². The molecule has 3 heterocycles. The van der Waals surface area contributed by atoms with Crippen LogP contribution in [0.3, 0.4) is 0 Å². The summed E-state index contributed by atoms with van der Waals surface area (Å²) in [5.74, 6) is 0.0358. The standard InChI is InChI=1S/C14H16N4O3/c19-10-11-4-3-6-16(8-11)9-12-14(18(20)21)17-7-2-1-5-13(17)15-12/h1-2,5,7,10-11H,3-4,6,8-9H2. The summed E-state index contributed by atoms with van der Waals surface area (Å²) in [6.07, 6.45) is 4.45. The van der Waals surface area contributed by atoms with Crippen molar-refractivity contribution in [1.82, 2.24) is 14.3 Å². The van der Waals surface area contributed by atoms with E-state index in [-0.39, 0.29) is 11.7 Å². The molecule has 110 valence electrons. The van der Waals surface area contributed by atoms with E-state index in [9.17, 15) is 14.9 Å². The first-order valence-corrected chi connectivity index (χ1v) is 6.97. The van der Waals surface area contributed by atoms with Crippen LogP contribution in [0.2, 0.25) is 0 Å². The second-order valence-corrected chi connectivity index (χ2v) is 5.34. The van der Waals surface area contributed by atoms with Gasteiger partial charge >= 0.3 is 5.82 Å². The predicted molar refractivity (Wildman–Crippen MR) is 75.9 cm³/mol. The third-order valence-electron chi connectivity index (χ3n) is 3.85. The smallest absolute Gasteiger partial charge is 0.352 e. The van der Waals surface area contributed by atoms with E-state index in [1.165, 1.54) is 4.40 Å². The number of piperidine rings is 1. The fourth-order valence-corrected chi connectivity index (χ4v) is 2.89. The van der Waals surface area contributed by atoms with E-state index in [2.05, 4.69) is 9.88 Å². The van der Waals surface area contributed by atoms with Crippen molar-refractivity contribution in [3.63, 3.8) is 0 Å². The number of pyridine rings is 1. The van der Waals surface area contributed by atoms with Gasteiger partial charge in [-0.3, -0.25) is 4.90 Å². The minimum atomic E-state index is -0.392. The second-order valence-electron chi connectivity index (χ2n) is 5.34. The van der Waals surface area contributed by atoms with Crippen molar-refractivity contribution < 1.29 is 9.72 Å². The molecule has 0 N–H and O–H groups in total. The molecule has 0 amide bonds. The van der Waals surface area contributed by atoms with Gasteiger partial charge in [0.1, 0.15) is 6.29 Å². The Hall–Kier alpha value is -2.28. The average Bonchev–Trinajstić information content (AvgIpc) is 2.85. The number of likely N-dealkylation sites (tertiary alicyclic amines) is 1. The summed E-state index contributed by atoms with van der Waals surface area (Å²) in [5.41, 5.74) is 1.03. The summed E-state index contributed by atoms with van der Waals surface area (Å²) in [5, 5.41) is 11.3. The van der Waals surface area contributed by atoms with E-state index in [0.717, 1.165) is 25.7 Å². The van der Waals surface area contributed by atoms with Gasteiger partial charge in [0.2, 0.25) is 5.65 Å². The van der Waals surface area contributed by atoms with Gasteiger partial charge in [-0.25, -0.2) is 4.98 Å². The molecule has 2 aromatic heterocycles. The van der Waals surface area contributed by atoms with Gasteiger partial charge in [-0.1, -0.05) is 6.07 Å². The number of carbonyl (C=O) groups excluding carboxylic acids is 1. The fourth-order valence-electron chi connectivity index (χ4n) is 2.89. The number of nitro groups is 1. The van der Waals surface area contributed by atoms with Gasteiger partial charge in [-0.05, 0) is 30.4 Å². The van der Waals surface area contributed by atoms with E-state index in [0.29, 0.717) is 24.4 Å². The minimum absolute atomic E-state index is 0.0128. The quantitative estimate of drug-likeness (QED) is 0.485. The molecule has 21 heavy (non-hydrogen) atoms. The molecule has 7 nitrogen and oxygen atoms in total. The Kier molecular flexibility index (Phi) is 3.66. The molecule has 1 aliphatic rings. The zero-order chi connectivity index (χ0) is 14.8. The normalized spacial score (nSPS) is 19.7. The van der Waals surface area contributed by atoms with Crippen LogP contribution in [0.5, 0.6) is 0 Å². The first-order chi connectivity index (χ1) is 10.2. The highest BCUT2D eigenvalue weighted by molar-refractivity contribution is 5.54. The summed E-state index contributed by atoms with van der Waals surface area (Å²) in [4.78, 5) is 28.3. The second kappa shape index (κ2) is 5.61. The fraction of sp³-hybridized carbons (Fsp3) is 0.429. The van der Waals surface area contributed by atoms with Crippen LogP contribution in [-0.4, -0.2) is 38.6 Å². The molecule has 1 aliphatic heterocycles. The Balaban J connectivity index is 1.91. The first kappa shape index (κ1) is 13.7. The van der Waals surface area contributed by atoms with Gasteiger partial charge in [-0.2, -0.15) is 4.40 Å². The molecular formula is C14H16N4O3. The third kappa shape index (κ3) is 2.64. The molecular weight excluding hydrogens is 272 g/mol. The maximum atomic E-state index is 11.3. The third-order valence-corrected chi connectivity index (χ3v) is 3.85. The maximum Gasteiger partial charge on any atom is 0.352 e.